The normalized spacial score (nSPS) is 21.2. The number of fused-ring (bicyclic) bond motifs is 6. The average Bonchev–Trinajstić information content (AvgIpc) is 3.10. The molecule has 2 unspecified atom stereocenters. The van der Waals surface area contributed by atoms with E-state index in [1.807, 2.05) is 0 Å². The van der Waals surface area contributed by atoms with Crippen LogP contribution in [0.2, 0.25) is 0 Å². The van der Waals surface area contributed by atoms with Crippen molar-refractivity contribution >= 4 is 17.2 Å². The molecule has 2 aliphatic rings. The van der Waals surface area contributed by atoms with Crippen molar-refractivity contribution in [1.82, 2.24) is 4.57 Å². The summed E-state index contributed by atoms with van der Waals surface area (Å²) in [5.74, 6) is 1.26. The minimum atomic E-state index is 0.368. The van der Waals surface area contributed by atoms with E-state index in [9.17, 15) is 0 Å². The van der Waals surface area contributed by atoms with Crippen molar-refractivity contribution in [2.24, 2.45) is 0 Å². The predicted octanol–water partition coefficient (Wildman–Crippen LogP) is 4.66. The first-order chi connectivity index (χ1) is 12.2. The first kappa shape index (κ1) is 14.5. The second-order valence-corrected chi connectivity index (χ2v) is 7.07. The molecule has 0 saturated carbocycles. The number of amidine groups is 1. The van der Waals surface area contributed by atoms with Crippen LogP contribution in [-0.4, -0.2) is 28.1 Å². The molecule has 2 aliphatic heterocycles. The topological polar surface area (TPSA) is 11.2 Å². The zero-order valence-corrected chi connectivity index (χ0v) is 14.8. The average molecular weight is 328 g/mol. The second kappa shape index (κ2) is 5.09. The van der Waals surface area contributed by atoms with Gasteiger partial charge >= 0.3 is 5.84 Å². The highest BCUT2D eigenvalue weighted by atomic mass is 15.3. The molecule has 1 aromatic heterocycles. The molecular formula is C22H22N3+. The second-order valence-electron chi connectivity index (χ2n) is 7.07. The van der Waals surface area contributed by atoms with Crippen LogP contribution in [0.1, 0.15) is 25.6 Å². The van der Waals surface area contributed by atoms with Gasteiger partial charge in [-0.1, -0.05) is 24.3 Å². The summed E-state index contributed by atoms with van der Waals surface area (Å²) in [5.41, 5.74) is 6.42. The Hall–Kier alpha value is -2.81. The molecule has 5 rings (SSSR count). The highest BCUT2D eigenvalue weighted by molar-refractivity contribution is 6.10. The van der Waals surface area contributed by atoms with Crippen molar-refractivity contribution in [3.63, 3.8) is 0 Å². The summed E-state index contributed by atoms with van der Waals surface area (Å²) in [4.78, 5) is 2.35. The summed E-state index contributed by atoms with van der Waals surface area (Å²) < 4.78 is 4.93. The number of para-hydroxylation sites is 2. The van der Waals surface area contributed by atoms with Crippen LogP contribution in [-0.2, 0) is 0 Å². The van der Waals surface area contributed by atoms with E-state index >= 15 is 0 Å². The van der Waals surface area contributed by atoms with Gasteiger partial charge in [-0.3, -0.25) is 0 Å². The summed E-state index contributed by atoms with van der Waals surface area (Å²) >= 11 is 0. The van der Waals surface area contributed by atoms with Gasteiger partial charge in [0.2, 0.25) is 0 Å². The lowest BCUT2D eigenvalue weighted by molar-refractivity contribution is -0.491. The van der Waals surface area contributed by atoms with Crippen molar-refractivity contribution < 1.29 is 4.58 Å². The van der Waals surface area contributed by atoms with Gasteiger partial charge in [0, 0.05) is 17.3 Å². The molecule has 2 aromatic carbocycles. The van der Waals surface area contributed by atoms with Crippen LogP contribution >= 0.6 is 0 Å². The molecule has 0 fully saturated rings. The molecule has 0 aliphatic carbocycles. The first-order valence-corrected chi connectivity index (χ1v) is 8.94. The molecular weight excluding hydrogens is 306 g/mol. The number of anilines is 1. The summed E-state index contributed by atoms with van der Waals surface area (Å²) in [5, 5.41) is 0. The largest absolute Gasteiger partial charge is 0.334 e. The summed E-state index contributed by atoms with van der Waals surface area (Å²) in [6.07, 6.45) is 2.21. The van der Waals surface area contributed by atoms with Gasteiger partial charge in [0.1, 0.15) is 23.1 Å². The van der Waals surface area contributed by atoms with Gasteiger partial charge in [0.05, 0.1) is 13.1 Å². The van der Waals surface area contributed by atoms with E-state index in [1.54, 1.807) is 0 Å². The van der Waals surface area contributed by atoms with Crippen molar-refractivity contribution in [2.75, 3.05) is 11.9 Å². The maximum Gasteiger partial charge on any atom is 0.306 e. The third-order valence-electron chi connectivity index (χ3n) is 5.82. The predicted molar refractivity (Wildman–Crippen MR) is 103 cm³/mol. The number of aromatic nitrogens is 1. The van der Waals surface area contributed by atoms with Gasteiger partial charge in [-0.25, -0.2) is 9.48 Å². The lowest BCUT2D eigenvalue weighted by Crippen LogP contribution is -2.45. The van der Waals surface area contributed by atoms with E-state index in [4.69, 9.17) is 0 Å². The lowest BCUT2D eigenvalue weighted by atomic mass is 10.0. The van der Waals surface area contributed by atoms with Gasteiger partial charge in [0.15, 0.2) is 0 Å². The summed E-state index contributed by atoms with van der Waals surface area (Å²) in [6.45, 7) is 4.64. The highest BCUT2D eigenvalue weighted by Gasteiger charge is 2.41. The lowest BCUT2D eigenvalue weighted by Gasteiger charge is -2.32. The molecule has 124 valence electrons. The van der Waals surface area contributed by atoms with E-state index in [1.165, 1.54) is 34.0 Å². The smallest absolute Gasteiger partial charge is 0.306 e. The van der Waals surface area contributed by atoms with Crippen molar-refractivity contribution in [2.45, 2.75) is 25.9 Å². The fourth-order valence-electron chi connectivity index (χ4n) is 4.39. The molecule has 3 aromatic rings. The SMILES string of the molecule is CC1C(C)[N+]2=C(c3cccn31)N(C)c1ccccc1-c1ccccc12. The van der Waals surface area contributed by atoms with Crippen LogP contribution in [0.5, 0.6) is 0 Å². The molecule has 0 amide bonds. The highest BCUT2D eigenvalue weighted by Crippen LogP contribution is 2.43. The standard InChI is InChI=1S/C22H22N3/c1-15-16(2)25-20-12-7-5-10-18(20)17-9-4-6-11-19(17)23(3)22(25)21-13-8-14-24(15)21/h4-16H,1-3H3/q+1. The molecule has 25 heavy (non-hydrogen) atoms. The van der Waals surface area contributed by atoms with Gasteiger partial charge in [-0.15, -0.1) is 0 Å². The third kappa shape index (κ3) is 1.84. The third-order valence-corrected chi connectivity index (χ3v) is 5.82. The van der Waals surface area contributed by atoms with Crippen molar-refractivity contribution in [1.29, 1.82) is 0 Å². The Morgan fingerprint density at radius 1 is 0.840 bits per heavy atom. The first-order valence-electron chi connectivity index (χ1n) is 8.94. The number of nitrogens with zero attached hydrogens (tertiary/aromatic N) is 3. The minimum Gasteiger partial charge on any atom is -0.334 e. The van der Waals surface area contributed by atoms with Crippen LogP contribution in [0.15, 0.2) is 66.9 Å². The van der Waals surface area contributed by atoms with Gasteiger partial charge in [0.25, 0.3) is 0 Å². The Labute approximate surface area is 148 Å². The molecule has 0 N–H and O–H groups in total. The van der Waals surface area contributed by atoms with E-state index in [0.29, 0.717) is 12.1 Å². The van der Waals surface area contributed by atoms with Crippen LogP contribution in [0.25, 0.3) is 11.1 Å². The molecule has 0 saturated heterocycles. The van der Waals surface area contributed by atoms with E-state index in [-0.39, 0.29) is 0 Å². The van der Waals surface area contributed by atoms with Crippen LogP contribution in [0.4, 0.5) is 11.4 Å². The zero-order chi connectivity index (χ0) is 17.1. The number of hydrogen-bond acceptors (Lipinski definition) is 1. The molecule has 3 heterocycles. The number of hydrogen-bond donors (Lipinski definition) is 0. The Kier molecular flexibility index (Phi) is 2.96. The van der Waals surface area contributed by atoms with Gasteiger partial charge in [-0.05, 0) is 50.2 Å². The van der Waals surface area contributed by atoms with Gasteiger partial charge < -0.3 is 4.57 Å². The summed E-state index contributed by atoms with van der Waals surface area (Å²) in [6, 6.07) is 22.7. The Morgan fingerprint density at radius 3 is 2.40 bits per heavy atom. The van der Waals surface area contributed by atoms with Crippen LogP contribution < -0.4 is 4.90 Å². The number of rotatable bonds is 0. The van der Waals surface area contributed by atoms with Crippen LogP contribution in [0, 0.1) is 0 Å². The van der Waals surface area contributed by atoms with Crippen molar-refractivity contribution in [3.8, 4) is 11.1 Å². The fraction of sp³-hybridized carbons (Fsp3) is 0.227. The van der Waals surface area contributed by atoms with E-state index in [0.717, 1.165) is 0 Å². The molecule has 3 nitrogen and oxygen atoms in total. The molecule has 3 heteroatoms. The molecule has 2 atom stereocenters. The molecule has 0 spiro atoms. The minimum absolute atomic E-state index is 0.368. The fourth-order valence-corrected chi connectivity index (χ4v) is 4.39. The van der Waals surface area contributed by atoms with E-state index in [2.05, 4.69) is 102 Å². The van der Waals surface area contributed by atoms with E-state index < -0.39 is 0 Å². The maximum absolute atomic E-state index is 2.52. The monoisotopic (exact) mass is 328 g/mol. The molecule has 0 radical (unpaired) electrons. The zero-order valence-electron chi connectivity index (χ0n) is 14.8. The maximum atomic E-state index is 2.52. The quantitative estimate of drug-likeness (QED) is 0.546. The van der Waals surface area contributed by atoms with Gasteiger partial charge in [-0.2, -0.15) is 0 Å². The summed E-state index contributed by atoms with van der Waals surface area (Å²) in [7, 11) is 2.19. The Morgan fingerprint density at radius 2 is 1.56 bits per heavy atom. The Balaban J connectivity index is 1.94. The number of benzene rings is 2. The van der Waals surface area contributed by atoms with Crippen LogP contribution in [0.3, 0.4) is 0 Å². The Bertz CT molecular complexity index is 1010. The molecule has 0 bridgehead atoms. The van der Waals surface area contributed by atoms with Crippen molar-refractivity contribution in [3.05, 3.63) is 72.6 Å².